The summed E-state index contributed by atoms with van der Waals surface area (Å²) in [4.78, 5) is -1.40. The van der Waals surface area contributed by atoms with E-state index in [2.05, 4.69) is 0 Å². The van der Waals surface area contributed by atoms with Crippen molar-refractivity contribution in [3.8, 4) is 22.6 Å². The number of aryl methyl sites for hydroxylation is 2. The van der Waals surface area contributed by atoms with E-state index in [4.69, 9.17) is 0 Å². The van der Waals surface area contributed by atoms with Gasteiger partial charge in [0, 0.05) is 0 Å². The predicted octanol–water partition coefficient (Wildman–Crippen LogP) is 3.16. The van der Waals surface area contributed by atoms with E-state index >= 15 is 0 Å². The van der Waals surface area contributed by atoms with E-state index in [1.807, 2.05) is 13.8 Å². The smallest absolute Gasteiger partial charge is 0.298 e. The van der Waals surface area contributed by atoms with Crippen LogP contribution in [-0.4, -0.2) is 36.2 Å². The fourth-order valence-electron chi connectivity index (χ4n) is 2.98. The summed E-state index contributed by atoms with van der Waals surface area (Å²) < 4.78 is 65.5. The first-order chi connectivity index (χ1) is 12.9. The zero-order chi connectivity index (χ0) is 21.3. The van der Waals surface area contributed by atoms with Crippen LogP contribution in [0.2, 0.25) is 0 Å². The minimum atomic E-state index is -4.74. The van der Waals surface area contributed by atoms with Crippen LogP contribution in [0, 0.1) is 0 Å². The Morgan fingerprint density at radius 3 is 1.25 bits per heavy atom. The van der Waals surface area contributed by atoms with E-state index in [1.165, 1.54) is 12.1 Å². The van der Waals surface area contributed by atoms with Gasteiger partial charge in [-0.2, -0.15) is 16.8 Å². The van der Waals surface area contributed by atoms with Crippen LogP contribution in [0.25, 0.3) is 11.1 Å². The first kappa shape index (κ1) is 22.2. The Bertz CT molecular complexity index is 1010. The van der Waals surface area contributed by atoms with Crippen molar-refractivity contribution in [3.63, 3.8) is 0 Å². The van der Waals surface area contributed by atoms with Crippen molar-refractivity contribution in [2.24, 2.45) is 0 Å². The topological polar surface area (TPSA) is 149 Å². The van der Waals surface area contributed by atoms with E-state index in [0.29, 0.717) is 25.7 Å². The van der Waals surface area contributed by atoms with E-state index in [9.17, 15) is 36.2 Å². The lowest BCUT2D eigenvalue weighted by molar-refractivity contribution is 0.435. The second-order valence-electron chi connectivity index (χ2n) is 6.41. The van der Waals surface area contributed by atoms with Crippen LogP contribution in [0.5, 0.6) is 11.5 Å². The molecule has 8 nitrogen and oxygen atoms in total. The molecule has 0 fully saturated rings. The molecule has 10 heteroatoms. The molecule has 0 radical (unpaired) electrons. The first-order valence-electron chi connectivity index (χ1n) is 8.57. The van der Waals surface area contributed by atoms with Crippen LogP contribution in [0.1, 0.15) is 37.8 Å². The Morgan fingerprint density at radius 2 is 1.00 bits per heavy atom. The third kappa shape index (κ3) is 4.64. The maximum Gasteiger partial charge on any atom is 0.298 e. The van der Waals surface area contributed by atoms with Gasteiger partial charge < -0.3 is 10.2 Å². The lowest BCUT2D eigenvalue weighted by Crippen LogP contribution is -2.03. The number of phenolic OH excluding ortho intramolecular Hbond substituents is 2. The maximum atomic E-state index is 11.7. The van der Waals surface area contributed by atoms with Crippen LogP contribution >= 0.6 is 0 Å². The van der Waals surface area contributed by atoms with E-state index < -0.39 is 41.5 Å². The molecule has 2 aromatic carbocycles. The monoisotopic (exact) mass is 430 g/mol. The highest BCUT2D eigenvalue weighted by atomic mass is 32.2. The molecule has 0 saturated heterocycles. The molecule has 2 rings (SSSR count). The van der Waals surface area contributed by atoms with Gasteiger partial charge in [-0.3, -0.25) is 9.11 Å². The third-order valence-electron chi connectivity index (χ3n) is 4.24. The van der Waals surface area contributed by atoms with Gasteiger partial charge in [-0.1, -0.05) is 26.7 Å². The number of phenols is 2. The van der Waals surface area contributed by atoms with Crippen LogP contribution in [0.4, 0.5) is 0 Å². The van der Waals surface area contributed by atoms with Crippen LogP contribution in [0.3, 0.4) is 0 Å². The molecule has 0 spiro atoms. The number of rotatable bonds is 7. The number of hydrogen-bond donors (Lipinski definition) is 4. The Kier molecular flexibility index (Phi) is 6.39. The van der Waals surface area contributed by atoms with Gasteiger partial charge in [0.25, 0.3) is 20.2 Å². The summed E-state index contributed by atoms with van der Waals surface area (Å²) in [6.45, 7) is 3.63. The summed E-state index contributed by atoms with van der Waals surface area (Å²) in [5.74, 6) is -1.15. The molecule has 0 atom stereocenters. The van der Waals surface area contributed by atoms with Crippen molar-refractivity contribution in [2.45, 2.75) is 49.3 Å². The fourth-order valence-corrected chi connectivity index (χ4v) is 4.28. The largest absolute Gasteiger partial charge is 0.506 e. The normalized spacial score (nSPS) is 12.3. The van der Waals surface area contributed by atoms with Gasteiger partial charge in [0.15, 0.2) is 0 Å². The molecule has 0 aromatic heterocycles. The van der Waals surface area contributed by atoms with Gasteiger partial charge in [-0.15, -0.1) is 0 Å². The Balaban J connectivity index is 2.87. The summed E-state index contributed by atoms with van der Waals surface area (Å²) in [6, 6.07) is 4.98. The number of aromatic hydroxyl groups is 2. The summed E-state index contributed by atoms with van der Waals surface area (Å²) in [5.41, 5.74) is 0.921. The Morgan fingerprint density at radius 1 is 0.679 bits per heavy atom. The molecule has 4 N–H and O–H groups in total. The maximum absolute atomic E-state index is 11.7. The average Bonchev–Trinajstić information content (AvgIpc) is 2.56. The zero-order valence-corrected chi connectivity index (χ0v) is 17.0. The summed E-state index contributed by atoms with van der Waals surface area (Å²) in [7, 11) is -9.48. The second kappa shape index (κ2) is 8.08. The van der Waals surface area contributed by atoms with Crippen LogP contribution in [-0.2, 0) is 33.1 Å². The molecule has 0 amide bonds. The quantitative estimate of drug-likeness (QED) is 0.489. The SMILES string of the molecule is CCCc1cc(-c2cc(CCC)c(O)c(S(=O)(=O)O)c2)cc(S(=O)(=O)O)c1O. The van der Waals surface area contributed by atoms with Crippen molar-refractivity contribution < 1.29 is 36.2 Å². The summed E-state index contributed by atoms with van der Waals surface area (Å²) in [6.07, 6.45) is 1.78. The van der Waals surface area contributed by atoms with Gasteiger partial charge in [0.2, 0.25) is 0 Å². The highest BCUT2D eigenvalue weighted by molar-refractivity contribution is 7.86. The molecule has 0 unspecified atom stereocenters. The van der Waals surface area contributed by atoms with E-state index in [-0.39, 0.29) is 22.3 Å². The molecule has 0 aliphatic carbocycles. The van der Waals surface area contributed by atoms with Gasteiger partial charge in [0.05, 0.1) is 0 Å². The number of hydrogen-bond acceptors (Lipinski definition) is 6. The molecule has 28 heavy (non-hydrogen) atoms. The van der Waals surface area contributed by atoms with E-state index in [1.54, 1.807) is 0 Å². The van der Waals surface area contributed by atoms with Crippen molar-refractivity contribution in [1.29, 1.82) is 0 Å². The predicted molar refractivity (Wildman–Crippen MR) is 103 cm³/mol. The standard InChI is InChI=1S/C18H22O8S2/c1-3-5-11-7-13(9-15(17(11)19)27(21,22)23)14-8-12(6-4-2)18(20)16(10-14)28(24,25)26/h7-10,19-20H,3-6H2,1-2H3,(H,21,22,23)(H,24,25,26). The molecule has 0 bridgehead atoms. The molecular formula is C18H22O8S2. The molecule has 0 aliphatic rings. The molecule has 2 aromatic rings. The van der Waals surface area contributed by atoms with Gasteiger partial charge in [-0.25, -0.2) is 0 Å². The van der Waals surface area contributed by atoms with Gasteiger partial charge >= 0.3 is 0 Å². The molecular weight excluding hydrogens is 408 g/mol. The minimum absolute atomic E-state index is 0.205. The van der Waals surface area contributed by atoms with Crippen molar-refractivity contribution in [1.82, 2.24) is 0 Å². The Hall–Kier alpha value is -2.14. The fraction of sp³-hybridized carbons (Fsp3) is 0.333. The van der Waals surface area contributed by atoms with Crippen molar-refractivity contribution in [3.05, 3.63) is 35.4 Å². The van der Waals surface area contributed by atoms with Crippen molar-refractivity contribution in [2.75, 3.05) is 0 Å². The van der Waals surface area contributed by atoms with Gasteiger partial charge in [-0.05, 0) is 59.4 Å². The Labute approximate surface area is 164 Å². The highest BCUT2D eigenvalue weighted by Gasteiger charge is 2.23. The lowest BCUT2D eigenvalue weighted by atomic mass is 9.97. The van der Waals surface area contributed by atoms with Crippen LogP contribution in [0.15, 0.2) is 34.1 Å². The second-order valence-corrected chi connectivity index (χ2v) is 9.19. The van der Waals surface area contributed by atoms with Gasteiger partial charge in [0.1, 0.15) is 21.3 Å². The number of benzene rings is 2. The molecule has 0 saturated carbocycles. The summed E-state index contributed by atoms with van der Waals surface area (Å²) >= 11 is 0. The highest BCUT2D eigenvalue weighted by Crippen LogP contribution is 2.38. The van der Waals surface area contributed by atoms with E-state index in [0.717, 1.165) is 12.1 Å². The molecule has 154 valence electrons. The third-order valence-corrected chi connectivity index (χ3v) is 5.97. The first-order valence-corrected chi connectivity index (χ1v) is 11.4. The molecule has 0 aliphatic heterocycles. The minimum Gasteiger partial charge on any atom is -0.506 e. The van der Waals surface area contributed by atoms with Crippen molar-refractivity contribution >= 4 is 20.2 Å². The average molecular weight is 431 g/mol. The zero-order valence-electron chi connectivity index (χ0n) is 15.4. The lowest BCUT2D eigenvalue weighted by Gasteiger charge is -2.14. The van der Waals surface area contributed by atoms with Crippen LogP contribution < -0.4 is 0 Å². The molecule has 0 heterocycles. The summed E-state index contributed by atoms with van der Waals surface area (Å²) in [5, 5.41) is 20.4.